The fourth-order valence-electron chi connectivity index (χ4n) is 4.85. The summed E-state index contributed by atoms with van der Waals surface area (Å²) in [5, 5.41) is 0. The summed E-state index contributed by atoms with van der Waals surface area (Å²) in [7, 11) is 3.26. The van der Waals surface area contributed by atoms with Crippen LogP contribution in [0.4, 0.5) is 0 Å². The second kappa shape index (κ2) is 9.28. The molecule has 0 bridgehead atoms. The maximum Gasteiger partial charge on any atom is 0.332 e. The molecule has 3 rings (SSSR count). The Hall–Kier alpha value is -1.89. The average Bonchev–Trinajstić information content (AvgIpc) is 3.02. The van der Waals surface area contributed by atoms with Gasteiger partial charge in [-0.25, -0.2) is 9.78 Å². The molecular formula is C22H37N5O2. The smallest absolute Gasteiger partial charge is 0.321 e. The summed E-state index contributed by atoms with van der Waals surface area (Å²) in [6.07, 6.45) is 7.12. The van der Waals surface area contributed by atoms with E-state index in [9.17, 15) is 9.59 Å². The van der Waals surface area contributed by atoms with Crippen LogP contribution >= 0.6 is 0 Å². The fourth-order valence-corrected chi connectivity index (χ4v) is 4.85. The first-order valence-corrected chi connectivity index (χ1v) is 11.2. The summed E-state index contributed by atoms with van der Waals surface area (Å²) in [5.41, 5.74) is 0.524. The van der Waals surface area contributed by atoms with Gasteiger partial charge in [-0.2, -0.15) is 0 Å². The number of aryl methyl sites for hydroxylation is 2. The van der Waals surface area contributed by atoms with Gasteiger partial charge in [-0.3, -0.25) is 18.8 Å². The van der Waals surface area contributed by atoms with Crippen molar-refractivity contribution in [2.24, 2.45) is 25.9 Å². The molecule has 1 aliphatic rings. The fraction of sp³-hybridized carbons (Fsp3) is 0.773. The van der Waals surface area contributed by atoms with Crippen LogP contribution in [0.2, 0.25) is 0 Å². The second-order valence-electron chi connectivity index (χ2n) is 9.11. The summed E-state index contributed by atoms with van der Waals surface area (Å²) < 4.78 is 4.80. The highest BCUT2D eigenvalue weighted by molar-refractivity contribution is 5.71. The van der Waals surface area contributed by atoms with Crippen LogP contribution in [-0.4, -0.2) is 36.7 Å². The van der Waals surface area contributed by atoms with Crippen molar-refractivity contribution in [3.8, 4) is 0 Å². The molecule has 2 aromatic rings. The lowest BCUT2D eigenvalue weighted by Crippen LogP contribution is -2.39. The summed E-state index contributed by atoms with van der Waals surface area (Å²) in [4.78, 5) is 32.6. The molecule has 3 heterocycles. The Labute approximate surface area is 173 Å². The van der Waals surface area contributed by atoms with Crippen LogP contribution in [0.25, 0.3) is 11.2 Å². The number of likely N-dealkylation sites (tertiary alicyclic amines) is 1. The molecule has 0 N–H and O–H groups in total. The highest BCUT2D eigenvalue weighted by Gasteiger charge is 2.25. The van der Waals surface area contributed by atoms with Crippen molar-refractivity contribution >= 4 is 11.2 Å². The number of aromatic nitrogens is 4. The molecule has 1 saturated heterocycles. The van der Waals surface area contributed by atoms with E-state index in [1.807, 2.05) is 0 Å². The highest BCUT2D eigenvalue weighted by atomic mass is 16.2. The van der Waals surface area contributed by atoms with Gasteiger partial charge in [0.2, 0.25) is 0 Å². The Bertz CT molecular complexity index is 945. The molecule has 0 saturated carbocycles. The van der Waals surface area contributed by atoms with Crippen molar-refractivity contribution in [1.29, 1.82) is 0 Å². The second-order valence-corrected chi connectivity index (χ2v) is 9.11. The normalized spacial score (nSPS) is 20.6. The molecule has 2 unspecified atom stereocenters. The number of rotatable bonds is 8. The predicted molar refractivity (Wildman–Crippen MR) is 117 cm³/mol. The van der Waals surface area contributed by atoms with Crippen molar-refractivity contribution in [2.75, 3.05) is 13.1 Å². The van der Waals surface area contributed by atoms with Crippen molar-refractivity contribution < 1.29 is 0 Å². The minimum Gasteiger partial charge on any atom is -0.321 e. The van der Waals surface area contributed by atoms with E-state index in [1.165, 1.54) is 34.8 Å². The largest absolute Gasteiger partial charge is 0.332 e. The van der Waals surface area contributed by atoms with Crippen LogP contribution in [0.3, 0.4) is 0 Å². The molecule has 2 aromatic heterocycles. The molecule has 162 valence electrons. The topological polar surface area (TPSA) is 65.1 Å². The molecule has 1 fully saturated rings. The van der Waals surface area contributed by atoms with Gasteiger partial charge >= 0.3 is 5.69 Å². The van der Waals surface area contributed by atoms with E-state index in [-0.39, 0.29) is 11.2 Å². The van der Waals surface area contributed by atoms with Crippen LogP contribution in [0, 0.1) is 11.8 Å². The maximum atomic E-state index is 12.9. The number of unbranched alkanes of at least 4 members (excludes halogenated alkanes) is 4. The standard InChI is InChI=1S/C22H37N5O2/c1-6-7-8-9-10-11-27-18(15-26-13-16(2)12-17(3)14-26)23-20-19(27)21(28)25(5)22(29)24(20)4/h16-17H,6-15H2,1-5H3. The first kappa shape index (κ1) is 21.8. The zero-order valence-electron chi connectivity index (χ0n) is 18.8. The van der Waals surface area contributed by atoms with E-state index in [4.69, 9.17) is 4.98 Å². The summed E-state index contributed by atoms with van der Waals surface area (Å²) in [6.45, 7) is 10.4. The van der Waals surface area contributed by atoms with E-state index < -0.39 is 0 Å². The number of hydrogen-bond acceptors (Lipinski definition) is 4. The molecule has 0 aliphatic carbocycles. The van der Waals surface area contributed by atoms with E-state index in [1.54, 1.807) is 14.1 Å². The molecule has 1 aliphatic heterocycles. The van der Waals surface area contributed by atoms with Crippen molar-refractivity contribution in [2.45, 2.75) is 72.4 Å². The summed E-state index contributed by atoms with van der Waals surface area (Å²) >= 11 is 0. The first-order chi connectivity index (χ1) is 13.8. The number of nitrogens with zero attached hydrogens (tertiary/aromatic N) is 5. The lowest BCUT2D eigenvalue weighted by Gasteiger charge is -2.34. The van der Waals surface area contributed by atoms with Crippen molar-refractivity contribution in [3.63, 3.8) is 0 Å². The van der Waals surface area contributed by atoms with E-state index in [0.717, 1.165) is 44.8 Å². The van der Waals surface area contributed by atoms with Gasteiger partial charge < -0.3 is 4.57 Å². The molecular weight excluding hydrogens is 366 g/mol. The maximum absolute atomic E-state index is 12.9. The van der Waals surface area contributed by atoms with Crippen LogP contribution < -0.4 is 11.2 Å². The van der Waals surface area contributed by atoms with Gasteiger partial charge in [-0.05, 0) is 24.7 Å². The van der Waals surface area contributed by atoms with Gasteiger partial charge in [0.1, 0.15) is 5.82 Å². The minimum atomic E-state index is -0.318. The molecule has 7 nitrogen and oxygen atoms in total. The third-order valence-electron chi connectivity index (χ3n) is 6.22. The highest BCUT2D eigenvalue weighted by Crippen LogP contribution is 2.23. The molecule has 7 heteroatoms. The predicted octanol–water partition coefficient (Wildman–Crippen LogP) is 2.88. The van der Waals surface area contributed by atoms with E-state index >= 15 is 0 Å². The molecule has 0 amide bonds. The van der Waals surface area contributed by atoms with Gasteiger partial charge in [-0.1, -0.05) is 46.5 Å². The van der Waals surface area contributed by atoms with E-state index in [0.29, 0.717) is 23.0 Å². The number of imidazole rings is 1. The number of piperidine rings is 1. The zero-order valence-corrected chi connectivity index (χ0v) is 18.8. The van der Waals surface area contributed by atoms with Crippen LogP contribution in [0.5, 0.6) is 0 Å². The third kappa shape index (κ3) is 4.65. The molecule has 29 heavy (non-hydrogen) atoms. The molecule has 2 atom stereocenters. The Morgan fingerprint density at radius 3 is 2.28 bits per heavy atom. The molecule has 0 aromatic carbocycles. The van der Waals surface area contributed by atoms with Crippen molar-refractivity contribution in [1.82, 2.24) is 23.6 Å². The average molecular weight is 404 g/mol. The van der Waals surface area contributed by atoms with Gasteiger partial charge in [0.25, 0.3) is 5.56 Å². The Balaban J connectivity index is 1.97. The van der Waals surface area contributed by atoms with Crippen LogP contribution in [-0.2, 0) is 27.2 Å². The Morgan fingerprint density at radius 2 is 1.62 bits per heavy atom. The monoisotopic (exact) mass is 403 g/mol. The third-order valence-corrected chi connectivity index (χ3v) is 6.22. The van der Waals surface area contributed by atoms with Crippen LogP contribution in [0.15, 0.2) is 9.59 Å². The van der Waals surface area contributed by atoms with Gasteiger partial charge in [0, 0.05) is 33.7 Å². The Morgan fingerprint density at radius 1 is 0.966 bits per heavy atom. The Kier molecular flexibility index (Phi) is 6.98. The van der Waals surface area contributed by atoms with Crippen molar-refractivity contribution in [3.05, 3.63) is 26.7 Å². The first-order valence-electron chi connectivity index (χ1n) is 11.2. The van der Waals surface area contributed by atoms with Gasteiger partial charge in [0.15, 0.2) is 11.2 Å². The quantitative estimate of drug-likeness (QED) is 0.636. The molecule has 0 radical (unpaired) electrons. The lowest BCUT2D eigenvalue weighted by atomic mass is 9.92. The van der Waals surface area contributed by atoms with E-state index in [2.05, 4.69) is 30.2 Å². The number of hydrogen-bond donors (Lipinski definition) is 0. The minimum absolute atomic E-state index is 0.240. The lowest BCUT2D eigenvalue weighted by molar-refractivity contribution is 0.130. The van der Waals surface area contributed by atoms with Crippen LogP contribution in [0.1, 0.15) is 65.1 Å². The summed E-state index contributed by atoms with van der Waals surface area (Å²) in [5.74, 6) is 2.25. The zero-order chi connectivity index (χ0) is 21.1. The number of fused-ring (bicyclic) bond motifs is 1. The molecule has 0 spiro atoms. The van der Waals surface area contributed by atoms with Gasteiger partial charge in [0.05, 0.1) is 6.54 Å². The SMILES string of the molecule is CCCCCCCn1c(CN2CC(C)CC(C)C2)nc2c1c(=O)n(C)c(=O)n2C. The van der Waals surface area contributed by atoms with Gasteiger partial charge in [-0.15, -0.1) is 0 Å². The summed E-state index contributed by atoms with van der Waals surface area (Å²) in [6, 6.07) is 0.